The number of carbonyl (C=O) groups excluding carboxylic acids is 2. The molecule has 0 aromatic heterocycles. The summed E-state index contributed by atoms with van der Waals surface area (Å²) in [5, 5.41) is 0. The maximum Gasteiger partial charge on any atom is 0.355 e. The minimum Gasteiger partial charge on any atom is -0.465 e. The van der Waals surface area contributed by atoms with Crippen LogP contribution in [0.25, 0.3) is 0 Å². The van der Waals surface area contributed by atoms with Crippen molar-refractivity contribution in [2.45, 2.75) is 9.79 Å². The first kappa shape index (κ1) is 25.7. The van der Waals surface area contributed by atoms with Crippen molar-refractivity contribution in [2.24, 2.45) is 0 Å². The smallest absolute Gasteiger partial charge is 0.355 e. The minimum atomic E-state index is -4.76. The number of carbonyl (C=O) groups is 2. The SMILES string of the molecule is COC(=O)C1=C(C(=O)OC)N(c2cc(S(=O)(=O)O)ccc2OS(=O)(=O)c2ccccc2)C=CC=C1. The molecule has 35 heavy (non-hydrogen) atoms. The maximum atomic E-state index is 12.9. The van der Waals surface area contributed by atoms with Crippen LogP contribution in [-0.2, 0) is 39.3 Å². The zero-order valence-electron chi connectivity index (χ0n) is 18.3. The van der Waals surface area contributed by atoms with Gasteiger partial charge in [0.05, 0.1) is 30.4 Å². The monoisotopic (exact) mass is 521 g/mol. The highest BCUT2D eigenvalue weighted by atomic mass is 32.2. The number of benzene rings is 2. The number of methoxy groups -OCH3 is 2. The van der Waals surface area contributed by atoms with E-state index in [9.17, 15) is 31.0 Å². The molecule has 11 nitrogen and oxygen atoms in total. The first-order chi connectivity index (χ1) is 16.5. The number of allylic oxidation sites excluding steroid dienone is 2. The van der Waals surface area contributed by atoms with Crippen LogP contribution < -0.4 is 9.08 Å². The van der Waals surface area contributed by atoms with Crippen LogP contribution in [0.4, 0.5) is 5.69 Å². The van der Waals surface area contributed by atoms with Crippen LogP contribution in [0.5, 0.6) is 5.75 Å². The normalized spacial score (nSPS) is 13.9. The van der Waals surface area contributed by atoms with Crippen LogP contribution in [0, 0.1) is 0 Å². The summed E-state index contributed by atoms with van der Waals surface area (Å²) in [6, 6.07) is 9.89. The van der Waals surface area contributed by atoms with Crippen molar-refractivity contribution in [3.63, 3.8) is 0 Å². The molecule has 0 saturated heterocycles. The highest BCUT2D eigenvalue weighted by Crippen LogP contribution is 2.37. The molecule has 1 aliphatic rings. The fourth-order valence-corrected chi connectivity index (χ4v) is 4.49. The zero-order chi connectivity index (χ0) is 25.8. The molecule has 0 atom stereocenters. The van der Waals surface area contributed by atoms with Crippen molar-refractivity contribution >= 4 is 37.9 Å². The molecule has 0 amide bonds. The van der Waals surface area contributed by atoms with Gasteiger partial charge in [-0.1, -0.05) is 24.3 Å². The van der Waals surface area contributed by atoms with Crippen LogP contribution in [0.1, 0.15) is 0 Å². The second-order valence-electron chi connectivity index (χ2n) is 6.77. The average Bonchev–Trinajstić information content (AvgIpc) is 3.06. The Kier molecular flexibility index (Phi) is 7.43. The molecule has 1 aliphatic heterocycles. The van der Waals surface area contributed by atoms with Crippen molar-refractivity contribution in [1.29, 1.82) is 0 Å². The molecule has 3 rings (SSSR count). The van der Waals surface area contributed by atoms with E-state index in [1.54, 1.807) is 6.07 Å². The van der Waals surface area contributed by atoms with Crippen LogP contribution in [-0.4, -0.2) is 47.5 Å². The van der Waals surface area contributed by atoms with Crippen LogP contribution in [0.2, 0.25) is 0 Å². The van der Waals surface area contributed by atoms with E-state index in [2.05, 4.69) is 0 Å². The van der Waals surface area contributed by atoms with Crippen molar-refractivity contribution in [3.05, 3.63) is 84.2 Å². The molecule has 0 spiro atoms. The number of anilines is 1. The van der Waals surface area contributed by atoms with Gasteiger partial charge in [0.2, 0.25) is 0 Å². The summed E-state index contributed by atoms with van der Waals surface area (Å²) in [6.45, 7) is 0. The molecule has 1 N–H and O–H groups in total. The van der Waals surface area contributed by atoms with E-state index < -0.39 is 48.5 Å². The van der Waals surface area contributed by atoms with Crippen LogP contribution in [0.3, 0.4) is 0 Å². The summed E-state index contributed by atoms with van der Waals surface area (Å²) in [6.07, 6.45) is 5.27. The molecule has 2 aromatic carbocycles. The van der Waals surface area contributed by atoms with E-state index in [0.29, 0.717) is 0 Å². The Bertz CT molecular complexity index is 1460. The summed E-state index contributed by atoms with van der Waals surface area (Å²) in [5.41, 5.74) is -1.03. The van der Waals surface area contributed by atoms with E-state index in [4.69, 9.17) is 13.7 Å². The molecule has 13 heteroatoms. The fraction of sp³-hybridized carbons (Fsp3) is 0.0909. The van der Waals surface area contributed by atoms with Crippen molar-refractivity contribution < 1.29 is 44.6 Å². The van der Waals surface area contributed by atoms with Gasteiger partial charge in [0.1, 0.15) is 10.6 Å². The summed E-state index contributed by atoms with van der Waals surface area (Å²) in [7, 11) is -7.04. The number of hydrogen-bond acceptors (Lipinski definition) is 10. The highest BCUT2D eigenvalue weighted by molar-refractivity contribution is 7.87. The lowest BCUT2D eigenvalue weighted by molar-refractivity contribution is -0.139. The van der Waals surface area contributed by atoms with Crippen molar-refractivity contribution in [3.8, 4) is 5.75 Å². The Hall–Kier alpha value is -3.94. The molecule has 0 saturated carbocycles. The number of esters is 2. The molecule has 1 heterocycles. The molecule has 0 radical (unpaired) electrons. The minimum absolute atomic E-state index is 0.197. The zero-order valence-corrected chi connectivity index (χ0v) is 19.9. The molecule has 0 unspecified atom stereocenters. The predicted molar refractivity (Wildman–Crippen MR) is 122 cm³/mol. The Morgan fingerprint density at radius 3 is 2.11 bits per heavy atom. The summed E-state index contributed by atoms with van der Waals surface area (Å²) < 4.78 is 73.7. The van der Waals surface area contributed by atoms with Crippen molar-refractivity contribution in [1.82, 2.24) is 0 Å². The van der Waals surface area contributed by atoms with E-state index in [-0.39, 0.29) is 16.2 Å². The Morgan fingerprint density at radius 2 is 1.51 bits per heavy atom. The highest BCUT2D eigenvalue weighted by Gasteiger charge is 2.31. The maximum absolute atomic E-state index is 12.9. The Balaban J connectivity index is 2.29. The van der Waals surface area contributed by atoms with Gasteiger partial charge in [0, 0.05) is 6.20 Å². The number of rotatable bonds is 7. The lowest BCUT2D eigenvalue weighted by Gasteiger charge is -2.25. The fourth-order valence-electron chi connectivity index (χ4n) is 3.02. The van der Waals surface area contributed by atoms with Gasteiger partial charge in [0.25, 0.3) is 10.1 Å². The van der Waals surface area contributed by atoms with Crippen LogP contribution in [0.15, 0.2) is 94.0 Å². The van der Waals surface area contributed by atoms with E-state index in [1.807, 2.05) is 0 Å². The first-order valence-corrected chi connectivity index (χ1v) is 12.5. The van der Waals surface area contributed by atoms with Gasteiger partial charge in [-0.25, -0.2) is 9.59 Å². The first-order valence-electron chi connectivity index (χ1n) is 9.65. The second kappa shape index (κ2) is 10.1. The Labute approximate surface area is 201 Å². The van der Waals surface area contributed by atoms with Gasteiger partial charge in [-0.2, -0.15) is 16.8 Å². The quantitative estimate of drug-likeness (QED) is 0.324. The molecule has 184 valence electrons. The molecular formula is C22H19NO10S2. The van der Waals surface area contributed by atoms with Gasteiger partial charge >= 0.3 is 22.1 Å². The third-order valence-corrected chi connectivity index (χ3v) is 6.71. The van der Waals surface area contributed by atoms with Gasteiger partial charge in [-0.3, -0.25) is 4.55 Å². The molecule has 0 bridgehead atoms. The third-order valence-electron chi connectivity index (χ3n) is 4.61. The van der Waals surface area contributed by atoms with E-state index in [1.165, 1.54) is 48.7 Å². The van der Waals surface area contributed by atoms with Crippen molar-refractivity contribution in [2.75, 3.05) is 19.1 Å². The predicted octanol–water partition coefficient (Wildman–Crippen LogP) is 2.19. The number of hydrogen-bond donors (Lipinski definition) is 1. The molecule has 2 aromatic rings. The molecule has 0 aliphatic carbocycles. The van der Waals surface area contributed by atoms with Crippen LogP contribution >= 0.6 is 0 Å². The molecule has 0 fully saturated rings. The standard InChI is InChI=1S/C22H19NO10S2/c1-31-21(24)17-10-6-7-13-23(20(17)22(25)32-2)18-14-16(34(26,27)28)11-12-19(18)33-35(29,30)15-8-4-3-5-9-15/h3-14H,1-2H3,(H,26,27,28). The lowest BCUT2D eigenvalue weighted by Crippen LogP contribution is -2.27. The Morgan fingerprint density at radius 1 is 0.857 bits per heavy atom. The largest absolute Gasteiger partial charge is 0.465 e. The lowest BCUT2D eigenvalue weighted by atomic mass is 10.1. The van der Waals surface area contributed by atoms with E-state index in [0.717, 1.165) is 37.3 Å². The number of nitrogens with zero attached hydrogens (tertiary/aromatic N) is 1. The summed E-state index contributed by atoms with van der Waals surface area (Å²) in [5.74, 6) is -2.38. The van der Waals surface area contributed by atoms with E-state index >= 15 is 0 Å². The summed E-state index contributed by atoms with van der Waals surface area (Å²) in [4.78, 5) is 25.3. The topological polar surface area (TPSA) is 154 Å². The third kappa shape index (κ3) is 5.59. The van der Waals surface area contributed by atoms with Gasteiger partial charge in [0.15, 0.2) is 5.75 Å². The van der Waals surface area contributed by atoms with Gasteiger partial charge < -0.3 is 18.6 Å². The average molecular weight is 522 g/mol. The number of ether oxygens (including phenoxy) is 2. The van der Waals surface area contributed by atoms with Gasteiger partial charge in [-0.05, 0) is 42.5 Å². The van der Waals surface area contributed by atoms with Gasteiger partial charge in [-0.15, -0.1) is 0 Å². The second-order valence-corrected chi connectivity index (χ2v) is 9.74. The molecular weight excluding hydrogens is 502 g/mol. The summed E-state index contributed by atoms with van der Waals surface area (Å²) >= 11 is 0.